The summed E-state index contributed by atoms with van der Waals surface area (Å²) in [5, 5.41) is 7.46. The van der Waals surface area contributed by atoms with E-state index in [-0.39, 0.29) is 0 Å². The Bertz CT molecular complexity index is 3190. The molecule has 11 aromatic rings. The van der Waals surface area contributed by atoms with Gasteiger partial charge in [-0.1, -0.05) is 133 Å². The van der Waals surface area contributed by atoms with Crippen molar-refractivity contribution in [2.75, 3.05) is 4.90 Å². The van der Waals surface area contributed by atoms with Crippen LogP contribution in [0.2, 0.25) is 0 Å². The molecule has 0 amide bonds. The predicted octanol–water partition coefficient (Wildman–Crippen LogP) is 15.6. The van der Waals surface area contributed by atoms with Crippen LogP contribution in [0.1, 0.15) is 0 Å². The van der Waals surface area contributed by atoms with Crippen LogP contribution in [0, 0.1) is 0 Å². The molecule has 0 aliphatic heterocycles. The van der Waals surface area contributed by atoms with Crippen molar-refractivity contribution in [2.45, 2.75) is 0 Å². The molecule has 0 N–H and O–H groups in total. The first-order chi connectivity index (χ1) is 27.2. The Morgan fingerprint density at radius 1 is 0.345 bits per heavy atom. The van der Waals surface area contributed by atoms with Gasteiger partial charge in [0.2, 0.25) is 0 Å². The molecule has 2 heterocycles. The third kappa shape index (κ3) is 5.48. The first kappa shape index (κ1) is 31.6. The van der Waals surface area contributed by atoms with E-state index in [1.165, 1.54) is 53.2 Å². The average molecular weight is 720 g/mol. The zero-order chi connectivity index (χ0) is 36.3. The fourth-order valence-corrected chi connectivity index (χ4v) is 9.25. The SMILES string of the molecule is c1ccc(-c2cccc(N(c3ccc(-c4ccc5cc6sc7ccccc7c6cc5c4)cc3)c3ccc(-c4cccc5c4oc4ccccc45)cc3)c2)cc1. The van der Waals surface area contributed by atoms with E-state index in [2.05, 4.69) is 193 Å². The highest BCUT2D eigenvalue weighted by molar-refractivity contribution is 7.25. The summed E-state index contributed by atoms with van der Waals surface area (Å²) in [7, 11) is 0. The molecule has 0 unspecified atom stereocenters. The molecule has 258 valence electrons. The summed E-state index contributed by atoms with van der Waals surface area (Å²) < 4.78 is 9.07. The monoisotopic (exact) mass is 719 g/mol. The lowest BCUT2D eigenvalue weighted by atomic mass is 9.99. The van der Waals surface area contributed by atoms with Crippen molar-refractivity contribution >= 4 is 81.3 Å². The van der Waals surface area contributed by atoms with Gasteiger partial charge in [0.25, 0.3) is 0 Å². The van der Waals surface area contributed by atoms with Gasteiger partial charge in [0.05, 0.1) is 0 Å². The summed E-state index contributed by atoms with van der Waals surface area (Å²) in [6.07, 6.45) is 0. The van der Waals surface area contributed by atoms with E-state index in [0.29, 0.717) is 0 Å². The van der Waals surface area contributed by atoms with Gasteiger partial charge in [-0.25, -0.2) is 0 Å². The van der Waals surface area contributed by atoms with Crippen molar-refractivity contribution in [3.8, 4) is 33.4 Å². The highest BCUT2D eigenvalue weighted by Gasteiger charge is 2.17. The van der Waals surface area contributed by atoms with Crippen LogP contribution in [0.3, 0.4) is 0 Å². The van der Waals surface area contributed by atoms with Gasteiger partial charge in [-0.3, -0.25) is 0 Å². The van der Waals surface area contributed by atoms with Crippen LogP contribution in [0.5, 0.6) is 0 Å². The zero-order valence-electron chi connectivity index (χ0n) is 29.8. The van der Waals surface area contributed by atoms with E-state index < -0.39 is 0 Å². The number of rotatable bonds is 6. The number of hydrogen-bond acceptors (Lipinski definition) is 3. The Morgan fingerprint density at radius 3 is 1.82 bits per heavy atom. The molecule has 0 bridgehead atoms. The van der Waals surface area contributed by atoms with Gasteiger partial charge in [0.15, 0.2) is 0 Å². The largest absolute Gasteiger partial charge is 0.455 e. The van der Waals surface area contributed by atoms with E-state index in [9.17, 15) is 0 Å². The standard InChI is InChI=1S/C52H33NOS/c1-2-10-34(11-3-1)37-12-8-13-43(31-37)53(42-28-24-36(25-29-42)44-16-9-17-47-45-14-4-6-18-49(45)54-52(44)47)41-26-22-35(23-27-41)38-20-21-39-33-51-48(32-40(39)30-38)46-15-5-7-19-50(46)55-51/h1-33H. The van der Waals surface area contributed by atoms with Crippen LogP contribution >= 0.6 is 11.3 Å². The van der Waals surface area contributed by atoms with Gasteiger partial charge in [-0.15, -0.1) is 11.3 Å². The van der Waals surface area contributed by atoms with E-state index in [0.717, 1.165) is 50.1 Å². The summed E-state index contributed by atoms with van der Waals surface area (Å²) in [4.78, 5) is 2.35. The maximum atomic E-state index is 6.40. The Labute approximate surface area is 322 Å². The van der Waals surface area contributed by atoms with Crippen LogP contribution in [0.25, 0.3) is 86.3 Å². The third-order valence-electron chi connectivity index (χ3n) is 10.8. The number of nitrogens with zero attached hydrogens (tertiary/aromatic N) is 1. The highest BCUT2D eigenvalue weighted by atomic mass is 32.1. The molecule has 0 spiro atoms. The molecule has 9 aromatic carbocycles. The Balaban J connectivity index is 0.988. The number of hydrogen-bond donors (Lipinski definition) is 0. The quantitative estimate of drug-likeness (QED) is 0.170. The minimum atomic E-state index is 0.909. The summed E-state index contributed by atoms with van der Waals surface area (Å²) in [6, 6.07) is 72.2. The van der Waals surface area contributed by atoms with Crippen LogP contribution in [0.15, 0.2) is 205 Å². The molecule has 2 nitrogen and oxygen atoms in total. The van der Waals surface area contributed by atoms with Crippen molar-refractivity contribution in [1.29, 1.82) is 0 Å². The summed E-state index contributed by atoms with van der Waals surface area (Å²) in [5.41, 5.74) is 12.1. The van der Waals surface area contributed by atoms with Crippen molar-refractivity contribution in [3.63, 3.8) is 0 Å². The van der Waals surface area contributed by atoms with Crippen molar-refractivity contribution in [3.05, 3.63) is 200 Å². The second-order valence-electron chi connectivity index (χ2n) is 14.1. The Kier molecular flexibility index (Phi) is 7.39. The van der Waals surface area contributed by atoms with Crippen molar-refractivity contribution < 1.29 is 4.42 Å². The second-order valence-corrected chi connectivity index (χ2v) is 15.2. The molecule has 3 heteroatoms. The zero-order valence-corrected chi connectivity index (χ0v) is 30.6. The lowest BCUT2D eigenvalue weighted by Crippen LogP contribution is -2.10. The van der Waals surface area contributed by atoms with Gasteiger partial charge < -0.3 is 9.32 Å². The molecule has 0 radical (unpaired) electrons. The van der Waals surface area contributed by atoms with E-state index in [4.69, 9.17) is 4.42 Å². The molecular weight excluding hydrogens is 687 g/mol. The molecule has 0 fully saturated rings. The maximum absolute atomic E-state index is 6.40. The van der Waals surface area contributed by atoms with E-state index >= 15 is 0 Å². The lowest BCUT2D eigenvalue weighted by Gasteiger charge is -2.26. The molecule has 2 aromatic heterocycles. The highest BCUT2D eigenvalue weighted by Crippen LogP contribution is 2.41. The number of anilines is 3. The molecular formula is C52H33NOS. The minimum Gasteiger partial charge on any atom is -0.455 e. The maximum Gasteiger partial charge on any atom is 0.143 e. The van der Waals surface area contributed by atoms with E-state index in [1.807, 2.05) is 23.5 Å². The predicted molar refractivity (Wildman–Crippen MR) is 235 cm³/mol. The van der Waals surface area contributed by atoms with Gasteiger partial charge in [-0.05, 0) is 105 Å². The smallest absolute Gasteiger partial charge is 0.143 e. The number of furan rings is 1. The molecule has 0 aliphatic rings. The van der Waals surface area contributed by atoms with Gasteiger partial charge in [-0.2, -0.15) is 0 Å². The lowest BCUT2D eigenvalue weighted by molar-refractivity contribution is 0.670. The van der Waals surface area contributed by atoms with Crippen molar-refractivity contribution in [1.82, 2.24) is 0 Å². The third-order valence-corrected chi connectivity index (χ3v) is 12.0. The van der Waals surface area contributed by atoms with Crippen LogP contribution < -0.4 is 4.90 Å². The fraction of sp³-hybridized carbons (Fsp3) is 0. The van der Waals surface area contributed by atoms with Crippen LogP contribution in [-0.4, -0.2) is 0 Å². The van der Waals surface area contributed by atoms with Gasteiger partial charge >= 0.3 is 0 Å². The number of thiophene rings is 1. The summed E-state index contributed by atoms with van der Waals surface area (Å²) >= 11 is 1.87. The first-order valence-electron chi connectivity index (χ1n) is 18.7. The van der Waals surface area contributed by atoms with Crippen LogP contribution in [-0.2, 0) is 0 Å². The summed E-state index contributed by atoms with van der Waals surface area (Å²) in [6.45, 7) is 0. The van der Waals surface area contributed by atoms with Gasteiger partial charge in [0.1, 0.15) is 11.2 Å². The molecule has 55 heavy (non-hydrogen) atoms. The molecule has 0 saturated heterocycles. The second kappa shape index (κ2) is 12.9. The normalized spacial score (nSPS) is 11.6. The fourth-order valence-electron chi connectivity index (χ4n) is 8.12. The Morgan fingerprint density at radius 2 is 0.982 bits per heavy atom. The molecule has 0 saturated carbocycles. The number of fused-ring (bicyclic) bond motifs is 7. The topological polar surface area (TPSA) is 16.4 Å². The Hall–Kier alpha value is -6.94. The molecule has 0 atom stereocenters. The van der Waals surface area contributed by atoms with Crippen LogP contribution in [0.4, 0.5) is 17.1 Å². The molecule has 0 aliphatic carbocycles. The average Bonchev–Trinajstić information content (AvgIpc) is 3.82. The van der Waals surface area contributed by atoms with Gasteiger partial charge in [0, 0.05) is 53.6 Å². The minimum absolute atomic E-state index is 0.909. The number of para-hydroxylation sites is 2. The first-order valence-corrected chi connectivity index (χ1v) is 19.5. The molecule has 11 rings (SSSR count). The summed E-state index contributed by atoms with van der Waals surface area (Å²) in [5.74, 6) is 0. The van der Waals surface area contributed by atoms with Crippen molar-refractivity contribution in [2.24, 2.45) is 0 Å². The number of benzene rings is 9. The van der Waals surface area contributed by atoms with E-state index in [1.54, 1.807) is 0 Å².